The van der Waals surface area contributed by atoms with Crippen LogP contribution in [0.3, 0.4) is 0 Å². The predicted octanol–water partition coefficient (Wildman–Crippen LogP) is 0.916. The second kappa shape index (κ2) is 3.53. The molecule has 0 rings (SSSR count). The molecule has 7 heavy (non-hydrogen) atoms. The van der Waals surface area contributed by atoms with Crippen molar-refractivity contribution in [1.29, 1.82) is 5.41 Å². The van der Waals surface area contributed by atoms with E-state index in [0.717, 1.165) is 6.42 Å². The lowest BCUT2D eigenvalue weighted by atomic mass is 10.2. The van der Waals surface area contributed by atoms with Gasteiger partial charge in [0.1, 0.15) is 0 Å². The second-order valence-corrected chi connectivity index (χ2v) is 1.33. The molecule has 0 aromatic heterocycles. The lowest BCUT2D eigenvalue weighted by molar-refractivity contribution is 0.565. The molecule has 0 amide bonds. The minimum absolute atomic E-state index is 0.0718. The van der Waals surface area contributed by atoms with Crippen LogP contribution in [0.15, 0.2) is 0 Å². The largest absolute Gasteiger partial charge is 0.301 e. The molecule has 0 heterocycles. The Morgan fingerprint density at radius 2 is 2.43 bits per heavy atom. The molecular formula is C5H8NO. The predicted molar refractivity (Wildman–Crippen MR) is 28.3 cm³/mol. The highest BCUT2D eigenvalue weighted by Crippen LogP contribution is 1.84. The molecule has 2 nitrogen and oxygen atoms in total. The molecule has 0 spiro atoms. The van der Waals surface area contributed by atoms with Gasteiger partial charge in [0.25, 0.3) is 0 Å². The standard InChI is InChI=1S/C5H8NO/c1-2-3-5(6)4-7/h6H,2-3H2,1H3. The van der Waals surface area contributed by atoms with Crippen molar-refractivity contribution in [1.82, 2.24) is 0 Å². The lowest BCUT2D eigenvalue weighted by Gasteiger charge is -1.83. The van der Waals surface area contributed by atoms with E-state index in [1.165, 1.54) is 6.29 Å². The number of hydrogen-bond acceptors (Lipinski definition) is 2. The maximum Gasteiger partial charge on any atom is 0.248 e. The third kappa shape index (κ3) is 3.16. The van der Waals surface area contributed by atoms with E-state index in [1.807, 2.05) is 6.92 Å². The fourth-order valence-electron chi connectivity index (χ4n) is 0.301. The fraction of sp³-hybridized carbons (Fsp3) is 0.600. The molecule has 0 bridgehead atoms. The van der Waals surface area contributed by atoms with Gasteiger partial charge < -0.3 is 5.41 Å². The molecule has 0 aliphatic carbocycles. The average Bonchev–Trinajstić information content (AvgIpc) is 1.68. The molecule has 0 fully saturated rings. The van der Waals surface area contributed by atoms with E-state index < -0.39 is 0 Å². The number of carbonyl (C=O) groups excluding carboxylic acids is 1. The van der Waals surface area contributed by atoms with E-state index in [2.05, 4.69) is 0 Å². The van der Waals surface area contributed by atoms with Gasteiger partial charge in [-0.2, -0.15) is 0 Å². The Hall–Kier alpha value is -0.660. The summed E-state index contributed by atoms with van der Waals surface area (Å²) in [5.41, 5.74) is 0.0718. The van der Waals surface area contributed by atoms with Gasteiger partial charge >= 0.3 is 0 Å². The van der Waals surface area contributed by atoms with Gasteiger partial charge in [0.05, 0.1) is 5.71 Å². The van der Waals surface area contributed by atoms with Crippen molar-refractivity contribution in [2.24, 2.45) is 0 Å². The summed E-state index contributed by atoms with van der Waals surface area (Å²) < 4.78 is 0. The maximum atomic E-state index is 9.55. The average molecular weight is 98.1 g/mol. The Morgan fingerprint density at radius 1 is 1.86 bits per heavy atom. The molecule has 0 saturated carbocycles. The molecule has 0 aromatic rings. The van der Waals surface area contributed by atoms with Crippen LogP contribution in [0, 0.1) is 5.41 Å². The lowest BCUT2D eigenvalue weighted by Crippen LogP contribution is -1.94. The summed E-state index contributed by atoms with van der Waals surface area (Å²) in [5, 5.41) is 6.71. The highest BCUT2D eigenvalue weighted by Gasteiger charge is 1.88. The first kappa shape index (κ1) is 6.34. The van der Waals surface area contributed by atoms with Crippen LogP contribution in [-0.4, -0.2) is 12.0 Å². The zero-order chi connectivity index (χ0) is 5.70. The fourth-order valence-corrected chi connectivity index (χ4v) is 0.301. The van der Waals surface area contributed by atoms with E-state index in [4.69, 9.17) is 5.41 Å². The Kier molecular flexibility index (Phi) is 3.19. The summed E-state index contributed by atoms with van der Waals surface area (Å²) in [4.78, 5) is 9.55. The summed E-state index contributed by atoms with van der Waals surface area (Å²) in [6.45, 7) is 1.92. The molecule has 2 heteroatoms. The van der Waals surface area contributed by atoms with Crippen LogP contribution in [0.2, 0.25) is 0 Å². The van der Waals surface area contributed by atoms with Crippen LogP contribution in [-0.2, 0) is 4.79 Å². The highest BCUT2D eigenvalue weighted by atomic mass is 16.1. The smallest absolute Gasteiger partial charge is 0.248 e. The van der Waals surface area contributed by atoms with Crippen molar-refractivity contribution < 1.29 is 4.79 Å². The molecule has 0 unspecified atom stereocenters. The monoisotopic (exact) mass is 98.1 g/mol. The summed E-state index contributed by atoms with van der Waals surface area (Å²) >= 11 is 0. The van der Waals surface area contributed by atoms with Gasteiger partial charge in [-0.3, -0.25) is 4.79 Å². The van der Waals surface area contributed by atoms with Crippen LogP contribution in [0.4, 0.5) is 0 Å². The number of hydrogen-bond donors (Lipinski definition) is 1. The topological polar surface area (TPSA) is 40.9 Å². The van der Waals surface area contributed by atoms with Crippen molar-refractivity contribution in [3.8, 4) is 0 Å². The Morgan fingerprint density at radius 3 is 2.57 bits per heavy atom. The first-order valence-corrected chi connectivity index (χ1v) is 2.26. The zero-order valence-electron chi connectivity index (χ0n) is 4.32. The zero-order valence-corrected chi connectivity index (χ0v) is 4.32. The van der Waals surface area contributed by atoms with Gasteiger partial charge in [-0.15, -0.1) is 0 Å². The molecule has 1 N–H and O–H groups in total. The maximum absolute atomic E-state index is 9.55. The van der Waals surface area contributed by atoms with E-state index in [1.54, 1.807) is 0 Å². The molecule has 0 aromatic carbocycles. The molecule has 39 valence electrons. The molecular weight excluding hydrogens is 90.1 g/mol. The third-order valence-corrected chi connectivity index (χ3v) is 0.623. The first-order chi connectivity index (χ1) is 3.31. The van der Waals surface area contributed by atoms with Crippen LogP contribution >= 0.6 is 0 Å². The van der Waals surface area contributed by atoms with Crippen molar-refractivity contribution in [3.63, 3.8) is 0 Å². The van der Waals surface area contributed by atoms with Crippen molar-refractivity contribution in [2.75, 3.05) is 0 Å². The van der Waals surface area contributed by atoms with Crippen molar-refractivity contribution in [3.05, 3.63) is 0 Å². The molecule has 0 aliphatic heterocycles. The SMILES string of the molecule is CCCC(=N)[C]=O. The van der Waals surface area contributed by atoms with Gasteiger partial charge in [0, 0.05) is 0 Å². The van der Waals surface area contributed by atoms with Gasteiger partial charge in [0.2, 0.25) is 6.29 Å². The van der Waals surface area contributed by atoms with Gasteiger partial charge in [-0.25, -0.2) is 0 Å². The minimum Gasteiger partial charge on any atom is -0.301 e. The number of rotatable bonds is 3. The molecule has 0 saturated heterocycles. The second-order valence-electron chi connectivity index (χ2n) is 1.33. The quantitative estimate of drug-likeness (QED) is 0.524. The highest BCUT2D eigenvalue weighted by molar-refractivity contribution is 6.26. The number of nitrogens with one attached hydrogen (secondary N) is 1. The van der Waals surface area contributed by atoms with E-state index in [9.17, 15) is 4.79 Å². The summed E-state index contributed by atoms with van der Waals surface area (Å²) in [5.74, 6) is 0. The van der Waals surface area contributed by atoms with Crippen molar-refractivity contribution in [2.45, 2.75) is 19.8 Å². The molecule has 0 aliphatic rings. The van der Waals surface area contributed by atoms with Gasteiger partial charge in [0.15, 0.2) is 0 Å². The molecule has 0 atom stereocenters. The normalized spacial score (nSPS) is 8.14. The van der Waals surface area contributed by atoms with E-state index >= 15 is 0 Å². The van der Waals surface area contributed by atoms with Crippen LogP contribution in [0.1, 0.15) is 19.8 Å². The summed E-state index contributed by atoms with van der Waals surface area (Å²) in [6.07, 6.45) is 2.91. The van der Waals surface area contributed by atoms with Crippen LogP contribution in [0.5, 0.6) is 0 Å². The first-order valence-electron chi connectivity index (χ1n) is 2.26. The third-order valence-electron chi connectivity index (χ3n) is 0.623. The van der Waals surface area contributed by atoms with Crippen molar-refractivity contribution >= 4 is 12.0 Å². The Labute approximate surface area is 43.0 Å². The van der Waals surface area contributed by atoms with Crippen LogP contribution < -0.4 is 0 Å². The van der Waals surface area contributed by atoms with E-state index in [0.29, 0.717) is 6.42 Å². The van der Waals surface area contributed by atoms with Gasteiger partial charge in [-0.05, 0) is 6.42 Å². The summed E-state index contributed by atoms with van der Waals surface area (Å²) in [6, 6.07) is 0. The van der Waals surface area contributed by atoms with E-state index in [-0.39, 0.29) is 5.71 Å². The Balaban J connectivity index is 3.17. The summed E-state index contributed by atoms with van der Waals surface area (Å²) in [7, 11) is 0. The van der Waals surface area contributed by atoms with Crippen LogP contribution in [0.25, 0.3) is 0 Å². The Bertz CT molecular complexity index is 78.1. The minimum atomic E-state index is 0.0718. The van der Waals surface area contributed by atoms with Gasteiger partial charge in [-0.1, -0.05) is 13.3 Å². The molecule has 1 radical (unpaired) electrons.